The van der Waals surface area contributed by atoms with E-state index in [0.29, 0.717) is 11.1 Å². The molecule has 0 bridgehead atoms. The van der Waals surface area contributed by atoms with Gasteiger partial charge in [-0.1, -0.05) is 49.7 Å². The first kappa shape index (κ1) is 12.7. The van der Waals surface area contributed by atoms with Gasteiger partial charge in [0, 0.05) is 5.56 Å². The Morgan fingerprint density at radius 2 is 1.67 bits per heavy atom. The highest BCUT2D eigenvalue weighted by Gasteiger charge is 2.09. The average molecular weight is 246 g/mol. The Morgan fingerprint density at radius 3 is 2.33 bits per heavy atom. The maximum Gasteiger partial charge on any atom is 0.166 e. The monoisotopic (exact) mass is 246 g/mol. The number of aryl methyl sites for hydroxylation is 1. The lowest BCUT2D eigenvalue weighted by Gasteiger charge is -2.06. The van der Waals surface area contributed by atoms with Gasteiger partial charge in [0.1, 0.15) is 0 Å². The van der Waals surface area contributed by atoms with Gasteiger partial charge in [0.2, 0.25) is 0 Å². The normalized spacial score (nSPS) is 10.6. The molecule has 18 heavy (non-hydrogen) atoms. The summed E-state index contributed by atoms with van der Waals surface area (Å²) in [7, 11) is 0. The Kier molecular flexibility index (Phi) is 4.08. The molecule has 0 aliphatic carbocycles. The molecule has 94 valence electrons. The lowest BCUT2D eigenvalue weighted by atomic mass is 10.0. The average Bonchev–Trinajstić information content (AvgIpc) is 2.40. The molecule has 2 aromatic carbocycles. The van der Waals surface area contributed by atoms with Gasteiger partial charge in [0.25, 0.3) is 0 Å². The second-order valence-corrected chi connectivity index (χ2v) is 4.40. The molecular weight excluding hydrogens is 230 g/mol. The molecule has 0 aromatic heterocycles. The molecule has 0 atom stereocenters. The van der Waals surface area contributed by atoms with Crippen molar-refractivity contribution in [1.29, 1.82) is 0 Å². The number of hydrogen-bond donors (Lipinski definition) is 0. The van der Waals surface area contributed by atoms with Crippen LogP contribution in [0.4, 0.5) is 8.78 Å². The second kappa shape index (κ2) is 5.76. The third-order valence-corrected chi connectivity index (χ3v) is 3.04. The van der Waals surface area contributed by atoms with E-state index in [2.05, 4.69) is 6.92 Å². The van der Waals surface area contributed by atoms with E-state index in [4.69, 9.17) is 0 Å². The van der Waals surface area contributed by atoms with E-state index in [1.165, 1.54) is 11.6 Å². The van der Waals surface area contributed by atoms with Crippen molar-refractivity contribution in [2.24, 2.45) is 0 Å². The quantitative estimate of drug-likeness (QED) is 0.714. The van der Waals surface area contributed by atoms with Crippen molar-refractivity contribution in [3.8, 4) is 11.1 Å². The molecule has 0 saturated carbocycles. The van der Waals surface area contributed by atoms with Crippen LogP contribution < -0.4 is 0 Å². The van der Waals surface area contributed by atoms with E-state index >= 15 is 0 Å². The lowest BCUT2D eigenvalue weighted by molar-refractivity contribution is 0.511. The summed E-state index contributed by atoms with van der Waals surface area (Å²) in [6.07, 6.45) is 3.33. The lowest BCUT2D eigenvalue weighted by Crippen LogP contribution is -1.90. The van der Waals surface area contributed by atoms with E-state index in [-0.39, 0.29) is 0 Å². The maximum atomic E-state index is 13.6. The minimum atomic E-state index is -0.803. The molecular formula is C16H16F2. The third kappa shape index (κ3) is 2.76. The summed E-state index contributed by atoms with van der Waals surface area (Å²) in [5.41, 5.74) is 2.27. The van der Waals surface area contributed by atoms with Crippen molar-refractivity contribution in [3.63, 3.8) is 0 Å². The van der Waals surface area contributed by atoms with Gasteiger partial charge in [-0.15, -0.1) is 0 Å². The van der Waals surface area contributed by atoms with Gasteiger partial charge in [-0.25, -0.2) is 8.78 Å². The molecule has 2 heteroatoms. The van der Waals surface area contributed by atoms with Gasteiger partial charge in [0.05, 0.1) is 0 Å². The summed E-state index contributed by atoms with van der Waals surface area (Å²) in [5.74, 6) is -1.58. The Bertz CT molecular complexity index is 515. The zero-order valence-electron chi connectivity index (χ0n) is 10.4. The van der Waals surface area contributed by atoms with Crippen molar-refractivity contribution in [2.75, 3.05) is 0 Å². The molecule has 0 spiro atoms. The van der Waals surface area contributed by atoms with Crippen molar-refractivity contribution < 1.29 is 8.78 Å². The standard InChI is InChI=1S/C16H16F2/c1-2-3-5-12-8-10-13(11-9-12)14-6-4-7-15(17)16(14)18/h4,6-11H,2-3,5H2,1H3. The third-order valence-electron chi connectivity index (χ3n) is 3.04. The predicted octanol–water partition coefficient (Wildman–Crippen LogP) is 4.97. The van der Waals surface area contributed by atoms with Crippen LogP contribution in [0.5, 0.6) is 0 Å². The summed E-state index contributed by atoms with van der Waals surface area (Å²) in [4.78, 5) is 0. The molecule has 0 heterocycles. The first-order valence-corrected chi connectivity index (χ1v) is 6.25. The minimum Gasteiger partial charge on any atom is -0.204 e. The first-order valence-electron chi connectivity index (χ1n) is 6.25. The van der Waals surface area contributed by atoms with Crippen LogP contribution in [0.2, 0.25) is 0 Å². The van der Waals surface area contributed by atoms with E-state index in [0.717, 1.165) is 25.3 Å². The van der Waals surface area contributed by atoms with Crippen LogP contribution in [-0.2, 0) is 6.42 Å². The fraction of sp³-hybridized carbons (Fsp3) is 0.250. The molecule has 0 aliphatic heterocycles. The zero-order chi connectivity index (χ0) is 13.0. The smallest absolute Gasteiger partial charge is 0.166 e. The van der Waals surface area contributed by atoms with E-state index in [1.54, 1.807) is 6.07 Å². The molecule has 0 fully saturated rings. The van der Waals surface area contributed by atoms with E-state index in [9.17, 15) is 8.78 Å². The van der Waals surface area contributed by atoms with Crippen LogP contribution >= 0.6 is 0 Å². The van der Waals surface area contributed by atoms with Crippen LogP contribution in [-0.4, -0.2) is 0 Å². The molecule has 0 aliphatic rings. The molecule has 0 nitrogen and oxygen atoms in total. The van der Waals surface area contributed by atoms with Gasteiger partial charge in [0.15, 0.2) is 11.6 Å². The van der Waals surface area contributed by atoms with Crippen molar-refractivity contribution in [2.45, 2.75) is 26.2 Å². The fourth-order valence-corrected chi connectivity index (χ4v) is 1.96. The molecule has 0 saturated heterocycles. The van der Waals surface area contributed by atoms with Crippen LogP contribution in [0, 0.1) is 11.6 Å². The van der Waals surface area contributed by atoms with Crippen molar-refractivity contribution in [3.05, 3.63) is 59.7 Å². The highest BCUT2D eigenvalue weighted by molar-refractivity contribution is 5.64. The topological polar surface area (TPSA) is 0 Å². The Balaban J connectivity index is 2.26. The largest absolute Gasteiger partial charge is 0.204 e. The fourth-order valence-electron chi connectivity index (χ4n) is 1.96. The second-order valence-electron chi connectivity index (χ2n) is 4.40. The number of rotatable bonds is 4. The SMILES string of the molecule is CCCCc1ccc(-c2cccc(F)c2F)cc1. The summed E-state index contributed by atoms with van der Waals surface area (Å²) in [5, 5.41) is 0. The predicted molar refractivity (Wildman–Crippen MR) is 70.4 cm³/mol. The van der Waals surface area contributed by atoms with Gasteiger partial charge in [-0.05, 0) is 30.0 Å². The summed E-state index contributed by atoms with van der Waals surface area (Å²) >= 11 is 0. The highest BCUT2D eigenvalue weighted by atomic mass is 19.2. The zero-order valence-corrected chi connectivity index (χ0v) is 10.4. The van der Waals surface area contributed by atoms with Crippen molar-refractivity contribution in [1.82, 2.24) is 0 Å². The molecule has 2 rings (SSSR count). The number of hydrogen-bond acceptors (Lipinski definition) is 0. The van der Waals surface area contributed by atoms with Gasteiger partial charge in [-0.2, -0.15) is 0 Å². The highest BCUT2D eigenvalue weighted by Crippen LogP contribution is 2.24. The van der Waals surface area contributed by atoms with Crippen LogP contribution in [0.25, 0.3) is 11.1 Å². The molecule has 0 radical (unpaired) electrons. The van der Waals surface area contributed by atoms with Gasteiger partial charge < -0.3 is 0 Å². The molecule has 0 N–H and O–H groups in total. The maximum absolute atomic E-state index is 13.6. The number of benzene rings is 2. The Labute approximate surface area is 106 Å². The van der Waals surface area contributed by atoms with Crippen LogP contribution in [0.15, 0.2) is 42.5 Å². The minimum absolute atomic E-state index is 0.317. The molecule has 2 aromatic rings. The first-order chi connectivity index (χ1) is 8.72. The number of halogens is 2. The Hall–Kier alpha value is -1.70. The summed E-state index contributed by atoms with van der Waals surface area (Å²) in [6.45, 7) is 2.15. The number of unbranched alkanes of at least 4 members (excludes halogenated alkanes) is 1. The van der Waals surface area contributed by atoms with Crippen LogP contribution in [0.1, 0.15) is 25.3 Å². The van der Waals surface area contributed by atoms with E-state index < -0.39 is 11.6 Å². The van der Waals surface area contributed by atoms with Crippen LogP contribution in [0.3, 0.4) is 0 Å². The van der Waals surface area contributed by atoms with E-state index in [1.807, 2.05) is 24.3 Å². The molecule has 0 unspecified atom stereocenters. The summed E-state index contributed by atoms with van der Waals surface area (Å²) in [6, 6.07) is 11.9. The van der Waals surface area contributed by atoms with Gasteiger partial charge in [-0.3, -0.25) is 0 Å². The molecule has 0 amide bonds. The van der Waals surface area contributed by atoms with Crippen molar-refractivity contribution >= 4 is 0 Å². The van der Waals surface area contributed by atoms with Gasteiger partial charge >= 0.3 is 0 Å². The summed E-state index contributed by atoms with van der Waals surface area (Å²) < 4.78 is 26.8. The Morgan fingerprint density at radius 1 is 0.944 bits per heavy atom.